The van der Waals surface area contributed by atoms with Crippen LogP contribution in [0.2, 0.25) is 0 Å². The fourth-order valence-electron chi connectivity index (χ4n) is 4.24. The number of nitrogens with one attached hydrogen (secondary N) is 1. The van der Waals surface area contributed by atoms with Gasteiger partial charge < -0.3 is 24.6 Å². The molecule has 36 heavy (non-hydrogen) atoms. The molecule has 0 unspecified atom stereocenters. The summed E-state index contributed by atoms with van der Waals surface area (Å²) in [6.45, 7) is 6.79. The molecule has 194 valence electrons. The van der Waals surface area contributed by atoms with E-state index in [0.29, 0.717) is 42.1 Å². The maximum atomic E-state index is 13.5. The summed E-state index contributed by atoms with van der Waals surface area (Å²) in [4.78, 5) is 46.3. The average molecular weight is 497 g/mol. The van der Waals surface area contributed by atoms with Gasteiger partial charge in [-0.15, -0.1) is 0 Å². The number of amides is 3. The zero-order chi connectivity index (χ0) is 26.2. The average Bonchev–Trinajstić information content (AvgIpc) is 2.88. The molecule has 0 fully saturated rings. The number of benzene rings is 1. The number of nitrogens with zero attached hydrogens (tertiary/aromatic N) is 3. The molecule has 0 aliphatic carbocycles. The third kappa shape index (κ3) is 6.60. The Morgan fingerprint density at radius 3 is 2.56 bits per heavy atom. The summed E-state index contributed by atoms with van der Waals surface area (Å²) in [5, 5.41) is 2.85. The van der Waals surface area contributed by atoms with Crippen LogP contribution < -0.4 is 10.1 Å². The predicted octanol–water partition coefficient (Wildman–Crippen LogP) is 3.47. The Morgan fingerprint density at radius 2 is 1.89 bits per heavy atom. The Balaban J connectivity index is 1.97. The van der Waals surface area contributed by atoms with Gasteiger partial charge in [-0.25, -0.2) is 0 Å². The molecule has 1 aromatic heterocycles. The van der Waals surface area contributed by atoms with Gasteiger partial charge in [0.25, 0.3) is 11.8 Å². The Hall–Kier alpha value is -3.46. The van der Waals surface area contributed by atoms with Crippen molar-refractivity contribution in [3.63, 3.8) is 0 Å². The molecule has 2 heterocycles. The molecule has 1 aliphatic heterocycles. The number of ether oxygens (including phenoxy) is 2. The highest BCUT2D eigenvalue weighted by Crippen LogP contribution is 2.27. The van der Waals surface area contributed by atoms with Crippen LogP contribution in [-0.4, -0.2) is 78.5 Å². The second-order valence-corrected chi connectivity index (χ2v) is 9.30. The van der Waals surface area contributed by atoms with Gasteiger partial charge in [0.2, 0.25) is 5.91 Å². The van der Waals surface area contributed by atoms with Crippen molar-refractivity contribution in [3.05, 3.63) is 53.9 Å². The predicted molar refractivity (Wildman–Crippen MR) is 137 cm³/mol. The van der Waals surface area contributed by atoms with Crippen LogP contribution in [0.25, 0.3) is 0 Å². The number of methoxy groups -OCH3 is 1. The van der Waals surface area contributed by atoms with Crippen LogP contribution in [0.4, 0.5) is 5.69 Å². The minimum Gasteiger partial charge on any atom is -0.491 e. The van der Waals surface area contributed by atoms with Crippen molar-refractivity contribution >= 4 is 23.4 Å². The van der Waals surface area contributed by atoms with Crippen LogP contribution in [-0.2, 0) is 9.53 Å². The lowest BCUT2D eigenvalue weighted by Crippen LogP contribution is -2.48. The molecule has 3 amide bonds. The molecule has 0 radical (unpaired) electrons. The monoisotopic (exact) mass is 496 g/mol. The molecule has 1 aliphatic rings. The van der Waals surface area contributed by atoms with Crippen molar-refractivity contribution in [2.75, 3.05) is 39.2 Å². The third-order valence-corrected chi connectivity index (χ3v) is 6.40. The number of anilines is 1. The van der Waals surface area contributed by atoms with Crippen LogP contribution in [0.3, 0.4) is 0 Å². The number of rotatable bonds is 5. The van der Waals surface area contributed by atoms with Gasteiger partial charge in [-0.1, -0.05) is 13.8 Å². The highest BCUT2D eigenvalue weighted by atomic mass is 16.5. The molecule has 3 atom stereocenters. The molecule has 1 aromatic carbocycles. The van der Waals surface area contributed by atoms with E-state index in [0.717, 1.165) is 6.42 Å². The minimum atomic E-state index is -0.302. The first-order chi connectivity index (χ1) is 17.2. The molecule has 0 bridgehead atoms. The quantitative estimate of drug-likeness (QED) is 0.680. The van der Waals surface area contributed by atoms with Gasteiger partial charge in [-0.2, -0.15) is 0 Å². The summed E-state index contributed by atoms with van der Waals surface area (Å²) in [5.74, 6) is -0.130. The fourth-order valence-corrected chi connectivity index (χ4v) is 4.24. The third-order valence-electron chi connectivity index (χ3n) is 6.40. The SMILES string of the molecule is CCCC(=O)Nc1ccc2c(c1)OC[C@H](C)N(C(=O)c1ccncc1)C[C@@H](C)[C@@H](OC)CN(C)C2=O. The Morgan fingerprint density at radius 1 is 1.17 bits per heavy atom. The van der Waals surface area contributed by atoms with Crippen LogP contribution in [0.15, 0.2) is 42.7 Å². The number of aromatic nitrogens is 1. The number of likely N-dealkylation sites (N-methyl/N-ethyl adjacent to an activating group) is 1. The van der Waals surface area contributed by atoms with Gasteiger partial charge >= 0.3 is 0 Å². The smallest absolute Gasteiger partial charge is 0.257 e. The molecular weight excluding hydrogens is 460 g/mol. The van der Waals surface area contributed by atoms with Gasteiger partial charge in [0, 0.05) is 69.3 Å². The summed E-state index contributed by atoms with van der Waals surface area (Å²) < 4.78 is 11.9. The summed E-state index contributed by atoms with van der Waals surface area (Å²) in [6.07, 6.45) is 4.04. The van der Waals surface area contributed by atoms with Crippen LogP contribution in [0.5, 0.6) is 5.75 Å². The van der Waals surface area contributed by atoms with E-state index in [1.807, 2.05) is 20.8 Å². The fraction of sp³-hybridized carbons (Fsp3) is 0.481. The van der Waals surface area contributed by atoms with Gasteiger partial charge in [0.15, 0.2) is 0 Å². The van der Waals surface area contributed by atoms with Crippen LogP contribution in [0, 0.1) is 5.92 Å². The van der Waals surface area contributed by atoms with Crippen molar-refractivity contribution < 1.29 is 23.9 Å². The standard InChI is InChI=1S/C27H36N4O5/c1-6-7-25(32)29-21-8-9-22-23(14-21)36-17-19(3)31(26(33)20-10-12-28-13-11-20)15-18(2)24(35-5)16-30(4)27(22)34/h8-14,18-19,24H,6-7,15-17H2,1-5H3,(H,29,32)/t18-,19+,24+/m1/s1. The van der Waals surface area contributed by atoms with E-state index in [1.54, 1.807) is 66.7 Å². The van der Waals surface area contributed by atoms with Crippen LogP contribution >= 0.6 is 0 Å². The second-order valence-electron chi connectivity index (χ2n) is 9.30. The number of hydrogen-bond acceptors (Lipinski definition) is 6. The second kappa shape index (κ2) is 12.5. The highest BCUT2D eigenvalue weighted by molar-refractivity contribution is 5.98. The van der Waals surface area contributed by atoms with E-state index >= 15 is 0 Å². The largest absolute Gasteiger partial charge is 0.491 e. The molecular formula is C27H36N4O5. The lowest BCUT2D eigenvalue weighted by atomic mass is 10.0. The molecule has 0 saturated carbocycles. The Labute approximate surface area is 212 Å². The first kappa shape index (κ1) is 27.1. The number of carbonyl (C=O) groups is 3. The van der Waals surface area contributed by atoms with Gasteiger partial charge in [-0.05, 0) is 37.6 Å². The number of hydrogen-bond donors (Lipinski definition) is 1. The molecule has 2 aromatic rings. The zero-order valence-electron chi connectivity index (χ0n) is 21.7. The minimum absolute atomic E-state index is 0.0476. The van der Waals surface area contributed by atoms with Gasteiger partial charge in [0.05, 0.1) is 17.7 Å². The number of carbonyl (C=O) groups excluding carboxylic acids is 3. The number of fused-ring (bicyclic) bond motifs is 1. The van der Waals surface area contributed by atoms with E-state index in [2.05, 4.69) is 10.3 Å². The maximum absolute atomic E-state index is 13.5. The normalized spacial score (nSPS) is 21.0. The zero-order valence-corrected chi connectivity index (χ0v) is 21.7. The summed E-state index contributed by atoms with van der Waals surface area (Å²) in [5.41, 5.74) is 1.47. The van der Waals surface area contributed by atoms with E-state index in [1.165, 1.54) is 0 Å². The first-order valence-electron chi connectivity index (χ1n) is 12.3. The lowest BCUT2D eigenvalue weighted by Gasteiger charge is -2.36. The molecule has 3 rings (SSSR count). The van der Waals surface area contributed by atoms with E-state index < -0.39 is 0 Å². The van der Waals surface area contributed by atoms with Gasteiger partial charge in [0.1, 0.15) is 12.4 Å². The van der Waals surface area contributed by atoms with Crippen molar-refractivity contribution in [1.29, 1.82) is 0 Å². The van der Waals surface area contributed by atoms with Crippen LogP contribution in [0.1, 0.15) is 54.3 Å². The highest BCUT2D eigenvalue weighted by Gasteiger charge is 2.30. The molecule has 0 spiro atoms. The summed E-state index contributed by atoms with van der Waals surface area (Å²) in [6, 6.07) is 8.11. The Kier molecular flexibility index (Phi) is 9.41. The molecule has 0 saturated heterocycles. The Bertz CT molecular complexity index is 1060. The summed E-state index contributed by atoms with van der Waals surface area (Å²) in [7, 11) is 3.34. The molecule has 9 heteroatoms. The maximum Gasteiger partial charge on any atom is 0.257 e. The van der Waals surface area contributed by atoms with Crippen molar-refractivity contribution in [2.24, 2.45) is 5.92 Å². The van der Waals surface area contributed by atoms with Crippen molar-refractivity contribution in [3.8, 4) is 5.75 Å². The van der Waals surface area contributed by atoms with Crippen molar-refractivity contribution in [1.82, 2.24) is 14.8 Å². The summed E-state index contributed by atoms with van der Waals surface area (Å²) >= 11 is 0. The van der Waals surface area contributed by atoms with E-state index in [-0.39, 0.29) is 42.4 Å². The molecule has 1 N–H and O–H groups in total. The topological polar surface area (TPSA) is 101 Å². The molecule has 9 nitrogen and oxygen atoms in total. The lowest BCUT2D eigenvalue weighted by molar-refractivity contribution is -0.116. The van der Waals surface area contributed by atoms with E-state index in [4.69, 9.17) is 9.47 Å². The van der Waals surface area contributed by atoms with Gasteiger partial charge in [-0.3, -0.25) is 19.4 Å². The van der Waals surface area contributed by atoms with Crippen molar-refractivity contribution in [2.45, 2.75) is 45.8 Å². The number of pyridine rings is 1. The first-order valence-corrected chi connectivity index (χ1v) is 12.3. The van der Waals surface area contributed by atoms with E-state index in [9.17, 15) is 14.4 Å².